The molecule has 6 nitrogen and oxygen atoms in total. The van der Waals surface area contributed by atoms with E-state index in [-0.39, 0.29) is 17.7 Å². The number of rotatable bonds is 2. The molecule has 0 fully saturated rings. The largest absolute Gasteiger partial charge is 0.478 e. The molecule has 0 bridgehead atoms. The average molecular weight is 206 g/mol. The van der Waals surface area contributed by atoms with Crippen molar-refractivity contribution in [2.75, 3.05) is 0 Å². The molecule has 1 aliphatic rings. The van der Waals surface area contributed by atoms with Crippen LogP contribution in [0.15, 0.2) is 17.8 Å². The molecule has 1 aliphatic carbocycles. The average Bonchev–Trinajstić information content (AvgIpc) is 2.59. The maximum Gasteiger partial charge on any atom is 0.331 e. The van der Waals surface area contributed by atoms with Gasteiger partial charge in [0.05, 0.1) is 10.6 Å². The van der Waals surface area contributed by atoms with Crippen LogP contribution in [0, 0.1) is 10.1 Å². The molecule has 6 heteroatoms. The van der Waals surface area contributed by atoms with Crippen molar-refractivity contribution in [2.24, 2.45) is 0 Å². The van der Waals surface area contributed by atoms with Gasteiger partial charge in [-0.2, -0.15) is 0 Å². The molecular weight excluding hydrogens is 200 g/mol. The predicted octanol–water partition coefficient (Wildman–Crippen LogP) is 1.01. The van der Waals surface area contributed by atoms with Crippen molar-refractivity contribution in [3.05, 3.63) is 39.2 Å². The van der Waals surface area contributed by atoms with Gasteiger partial charge in [-0.3, -0.25) is 15.1 Å². The summed E-state index contributed by atoms with van der Waals surface area (Å²) < 4.78 is 0. The van der Waals surface area contributed by atoms with Crippen molar-refractivity contribution in [1.82, 2.24) is 4.98 Å². The lowest BCUT2D eigenvalue weighted by atomic mass is 10.2. The minimum atomic E-state index is -1.02. The second-order valence-electron chi connectivity index (χ2n) is 3.14. The molecule has 0 atom stereocenters. The standard InChI is InChI=1S/C9H6N2O4/c12-9(13)6-1-5-2-7(11(14)15)4-10-8(5)3-6/h1-2,4H,3H2,(H,12,13). The maximum absolute atomic E-state index is 10.7. The van der Waals surface area contributed by atoms with E-state index >= 15 is 0 Å². The third kappa shape index (κ3) is 1.56. The third-order valence-corrected chi connectivity index (χ3v) is 2.16. The topological polar surface area (TPSA) is 93.3 Å². The van der Waals surface area contributed by atoms with E-state index < -0.39 is 10.9 Å². The summed E-state index contributed by atoms with van der Waals surface area (Å²) in [6, 6.07) is 1.33. The van der Waals surface area contributed by atoms with Crippen LogP contribution in [0.25, 0.3) is 6.08 Å². The van der Waals surface area contributed by atoms with Crippen LogP contribution in [0.4, 0.5) is 5.69 Å². The van der Waals surface area contributed by atoms with Gasteiger partial charge in [0, 0.05) is 23.6 Å². The zero-order chi connectivity index (χ0) is 11.0. The molecule has 1 aromatic rings. The lowest BCUT2D eigenvalue weighted by Crippen LogP contribution is -2.00. The van der Waals surface area contributed by atoms with Gasteiger partial charge in [0.2, 0.25) is 0 Å². The first-order valence-corrected chi connectivity index (χ1v) is 4.15. The molecule has 15 heavy (non-hydrogen) atoms. The van der Waals surface area contributed by atoms with E-state index in [9.17, 15) is 14.9 Å². The van der Waals surface area contributed by atoms with Gasteiger partial charge in [-0.05, 0) is 6.08 Å². The number of carboxylic acids is 1. The zero-order valence-electron chi connectivity index (χ0n) is 7.51. The van der Waals surface area contributed by atoms with Crippen LogP contribution in [-0.2, 0) is 11.2 Å². The predicted molar refractivity (Wildman–Crippen MR) is 50.2 cm³/mol. The molecule has 0 saturated heterocycles. The first-order chi connectivity index (χ1) is 7.08. The Kier molecular flexibility index (Phi) is 1.96. The number of aromatic nitrogens is 1. The lowest BCUT2D eigenvalue weighted by Gasteiger charge is -1.96. The third-order valence-electron chi connectivity index (χ3n) is 2.16. The van der Waals surface area contributed by atoms with Gasteiger partial charge in [0.15, 0.2) is 0 Å². The molecule has 0 radical (unpaired) electrons. The number of pyridine rings is 1. The Balaban J connectivity index is 2.43. The highest BCUT2D eigenvalue weighted by Gasteiger charge is 2.21. The summed E-state index contributed by atoms with van der Waals surface area (Å²) in [7, 11) is 0. The van der Waals surface area contributed by atoms with E-state index in [4.69, 9.17) is 5.11 Å². The summed E-state index contributed by atoms with van der Waals surface area (Å²) in [6.07, 6.45) is 2.78. The van der Waals surface area contributed by atoms with Gasteiger partial charge in [0.1, 0.15) is 6.20 Å². The van der Waals surface area contributed by atoms with Crippen molar-refractivity contribution in [2.45, 2.75) is 6.42 Å². The Morgan fingerprint density at radius 2 is 2.33 bits per heavy atom. The highest BCUT2D eigenvalue weighted by atomic mass is 16.6. The van der Waals surface area contributed by atoms with Crippen LogP contribution in [0.3, 0.4) is 0 Å². The molecule has 1 N–H and O–H groups in total. The number of carboxylic acid groups (broad SMARTS) is 1. The molecule has 1 heterocycles. The van der Waals surface area contributed by atoms with E-state index in [1.54, 1.807) is 0 Å². The second-order valence-corrected chi connectivity index (χ2v) is 3.14. The molecule has 0 aliphatic heterocycles. The summed E-state index contributed by atoms with van der Waals surface area (Å²) >= 11 is 0. The normalized spacial score (nSPS) is 13.2. The Morgan fingerprint density at radius 3 is 2.93 bits per heavy atom. The monoisotopic (exact) mass is 206 g/mol. The fourth-order valence-electron chi connectivity index (χ4n) is 1.43. The van der Waals surface area contributed by atoms with E-state index in [1.165, 1.54) is 12.1 Å². The van der Waals surface area contributed by atoms with Crippen LogP contribution in [0.5, 0.6) is 0 Å². The van der Waals surface area contributed by atoms with Crippen LogP contribution < -0.4 is 0 Å². The van der Waals surface area contributed by atoms with Gasteiger partial charge >= 0.3 is 5.97 Å². The minimum absolute atomic E-state index is 0.128. The van der Waals surface area contributed by atoms with Gasteiger partial charge in [0.25, 0.3) is 5.69 Å². The fraction of sp³-hybridized carbons (Fsp3) is 0.111. The van der Waals surface area contributed by atoms with Gasteiger partial charge in [-0.25, -0.2) is 4.79 Å². The zero-order valence-corrected chi connectivity index (χ0v) is 7.51. The van der Waals surface area contributed by atoms with Gasteiger partial charge in [-0.15, -0.1) is 0 Å². The minimum Gasteiger partial charge on any atom is -0.478 e. The van der Waals surface area contributed by atoms with Crippen molar-refractivity contribution >= 4 is 17.7 Å². The van der Waals surface area contributed by atoms with Crippen molar-refractivity contribution in [3.63, 3.8) is 0 Å². The lowest BCUT2D eigenvalue weighted by molar-refractivity contribution is -0.385. The van der Waals surface area contributed by atoms with Gasteiger partial charge < -0.3 is 5.11 Å². The maximum atomic E-state index is 10.7. The first-order valence-electron chi connectivity index (χ1n) is 4.15. The SMILES string of the molecule is O=C(O)C1=Cc2cc([N+](=O)[O-])cnc2C1. The van der Waals surface area contributed by atoms with E-state index in [0.29, 0.717) is 11.3 Å². The Bertz CT molecular complexity index is 493. The first kappa shape index (κ1) is 9.32. The molecule has 1 aromatic heterocycles. The number of nitrogens with zero attached hydrogens (tertiary/aromatic N) is 2. The molecule has 0 aromatic carbocycles. The Hall–Kier alpha value is -2.24. The molecular formula is C9H6N2O4. The summed E-state index contributed by atoms with van der Waals surface area (Å²) in [4.78, 5) is 24.4. The number of hydrogen-bond donors (Lipinski definition) is 1. The summed E-state index contributed by atoms with van der Waals surface area (Å²) in [5.74, 6) is -1.02. The molecule has 0 saturated carbocycles. The molecule has 0 amide bonds. The van der Waals surface area contributed by atoms with E-state index in [1.807, 2.05) is 0 Å². The number of aliphatic carboxylic acids is 1. The van der Waals surface area contributed by atoms with Gasteiger partial charge in [-0.1, -0.05) is 0 Å². The highest BCUT2D eigenvalue weighted by molar-refractivity contribution is 5.95. The quantitative estimate of drug-likeness (QED) is 0.575. The number of hydrogen-bond acceptors (Lipinski definition) is 4. The summed E-state index contributed by atoms with van der Waals surface area (Å²) in [6.45, 7) is 0. The second kappa shape index (κ2) is 3.16. The Labute approximate surface area is 84.0 Å². The number of nitro groups is 1. The van der Waals surface area contributed by atoms with E-state index in [0.717, 1.165) is 6.20 Å². The van der Waals surface area contributed by atoms with Crippen molar-refractivity contribution in [1.29, 1.82) is 0 Å². The molecule has 0 spiro atoms. The summed E-state index contributed by atoms with van der Waals surface area (Å²) in [5, 5.41) is 19.2. The Morgan fingerprint density at radius 1 is 1.60 bits per heavy atom. The van der Waals surface area contributed by atoms with Crippen molar-refractivity contribution < 1.29 is 14.8 Å². The van der Waals surface area contributed by atoms with Crippen LogP contribution in [-0.4, -0.2) is 21.0 Å². The smallest absolute Gasteiger partial charge is 0.331 e. The molecule has 2 rings (SSSR count). The van der Waals surface area contributed by atoms with E-state index in [2.05, 4.69) is 4.98 Å². The molecule has 0 unspecified atom stereocenters. The van der Waals surface area contributed by atoms with Crippen LogP contribution in [0.2, 0.25) is 0 Å². The highest BCUT2D eigenvalue weighted by Crippen LogP contribution is 2.26. The number of carbonyl (C=O) groups is 1. The fourth-order valence-corrected chi connectivity index (χ4v) is 1.43. The van der Waals surface area contributed by atoms with Crippen LogP contribution >= 0.6 is 0 Å². The number of fused-ring (bicyclic) bond motifs is 1. The molecule has 76 valence electrons. The van der Waals surface area contributed by atoms with Crippen LogP contribution in [0.1, 0.15) is 11.3 Å². The summed E-state index contributed by atoms with van der Waals surface area (Å²) in [5.41, 5.74) is 1.16. The van der Waals surface area contributed by atoms with Crippen molar-refractivity contribution in [3.8, 4) is 0 Å².